The van der Waals surface area contributed by atoms with Crippen LogP contribution in [0.4, 0.5) is 0 Å². The van der Waals surface area contributed by atoms with Crippen LogP contribution in [0, 0.1) is 0 Å². The highest BCUT2D eigenvalue weighted by Gasteiger charge is 2.17. The van der Waals surface area contributed by atoms with Gasteiger partial charge in [0.05, 0.1) is 12.1 Å². The Morgan fingerprint density at radius 3 is 2.48 bits per heavy atom. The molecule has 0 unspecified atom stereocenters. The zero-order valence-electron chi connectivity index (χ0n) is 16.1. The fraction of sp³-hybridized carbons (Fsp3) is 0.182. The molecule has 0 bridgehead atoms. The van der Waals surface area contributed by atoms with Crippen molar-refractivity contribution in [2.45, 2.75) is 13.0 Å². The first-order chi connectivity index (χ1) is 14.1. The molecule has 148 valence electrons. The van der Waals surface area contributed by atoms with E-state index in [-0.39, 0.29) is 23.6 Å². The second-order valence-electron chi connectivity index (χ2n) is 6.51. The minimum atomic E-state index is -0.526. The van der Waals surface area contributed by atoms with Gasteiger partial charge in [-0.2, -0.15) is 0 Å². The smallest absolute Gasteiger partial charge is 0.263 e. The van der Waals surface area contributed by atoms with Crippen molar-refractivity contribution in [3.8, 4) is 0 Å². The summed E-state index contributed by atoms with van der Waals surface area (Å²) >= 11 is 0. The van der Waals surface area contributed by atoms with Crippen molar-refractivity contribution in [3.05, 3.63) is 99.7 Å². The summed E-state index contributed by atoms with van der Waals surface area (Å²) in [6.45, 7) is 0.679. The van der Waals surface area contributed by atoms with Gasteiger partial charge in [0.15, 0.2) is 0 Å². The molecule has 1 aromatic carbocycles. The second-order valence-corrected chi connectivity index (χ2v) is 6.51. The van der Waals surface area contributed by atoms with Gasteiger partial charge in [-0.3, -0.25) is 19.4 Å². The van der Waals surface area contributed by atoms with Crippen LogP contribution in [-0.4, -0.2) is 35.0 Å². The molecule has 0 saturated carbocycles. The van der Waals surface area contributed by atoms with Crippen molar-refractivity contribution in [2.75, 3.05) is 13.6 Å². The fourth-order valence-electron chi connectivity index (χ4n) is 2.92. The van der Waals surface area contributed by atoms with Crippen LogP contribution in [0.1, 0.15) is 31.8 Å². The summed E-state index contributed by atoms with van der Waals surface area (Å²) in [5, 5.41) is 5.28. The van der Waals surface area contributed by atoms with E-state index in [1.165, 1.54) is 23.9 Å². The summed E-state index contributed by atoms with van der Waals surface area (Å²) in [6.07, 6.45) is 5.56. The summed E-state index contributed by atoms with van der Waals surface area (Å²) in [5.74, 6) is -0.873. The minimum absolute atomic E-state index is 0.0664. The Hall–Kier alpha value is -3.74. The minimum Gasteiger partial charge on any atom is -0.355 e. The van der Waals surface area contributed by atoms with Crippen molar-refractivity contribution >= 4 is 11.8 Å². The van der Waals surface area contributed by atoms with Crippen LogP contribution in [0.25, 0.3) is 0 Å². The average Bonchev–Trinajstić information content (AvgIpc) is 2.76. The Balaban J connectivity index is 1.82. The third-order valence-corrected chi connectivity index (χ3v) is 4.44. The normalized spacial score (nSPS) is 10.4. The predicted octanol–water partition coefficient (Wildman–Crippen LogP) is 1.62. The van der Waals surface area contributed by atoms with E-state index >= 15 is 0 Å². The van der Waals surface area contributed by atoms with E-state index in [9.17, 15) is 14.4 Å². The van der Waals surface area contributed by atoms with E-state index in [1.807, 2.05) is 42.5 Å². The molecule has 0 spiro atoms. The quantitative estimate of drug-likeness (QED) is 0.641. The molecular formula is C22H22N4O3. The van der Waals surface area contributed by atoms with Gasteiger partial charge in [0.1, 0.15) is 5.56 Å². The highest BCUT2D eigenvalue weighted by atomic mass is 16.2. The van der Waals surface area contributed by atoms with Gasteiger partial charge in [0, 0.05) is 32.2 Å². The lowest BCUT2D eigenvalue weighted by atomic mass is 10.1. The largest absolute Gasteiger partial charge is 0.355 e. The van der Waals surface area contributed by atoms with Crippen LogP contribution in [-0.2, 0) is 13.0 Å². The van der Waals surface area contributed by atoms with E-state index in [0.717, 1.165) is 11.1 Å². The number of carbonyl (C=O) groups excluding carboxylic acids is 2. The number of benzene rings is 1. The van der Waals surface area contributed by atoms with Crippen LogP contribution >= 0.6 is 0 Å². The molecule has 0 radical (unpaired) electrons. The van der Waals surface area contributed by atoms with Gasteiger partial charge in [-0.25, -0.2) is 0 Å². The number of nitrogens with zero attached hydrogens (tertiary/aromatic N) is 2. The maximum Gasteiger partial charge on any atom is 0.263 e. The third-order valence-electron chi connectivity index (χ3n) is 4.44. The lowest BCUT2D eigenvalue weighted by Gasteiger charge is -2.12. The maximum atomic E-state index is 12.7. The van der Waals surface area contributed by atoms with Crippen molar-refractivity contribution < 1.29 is 9.59 Å². The van der Waals surface area contributed by atoms with E-state index in [4.69, 9.17) is 0 Å². The van der Waals surface area contributed by atoms with Gasteiger partial charge >= 0.3 is 0 Å². The lowest BCUT2D eigenvalue weighted by molar-refractivity contribution is 0.0953. The molecule has 0 saturated heterocycles. The summed E-state index contributed by atoms with van der Waals surface area (Å²) < 4.78 is 1.38. The van der Waals surface area contributed by atoms with Crippen LogP contribution in [0.2, 0.25) is 0 Å². The molecule has 2 N–H and O–H groups in total. The standard InChI is InChI=1S/C22H22N4O3/c1-23-21(28)19-12-18(20(27)25-11-9-16-8-5-10-24-13-16)15-26(22(19)29)14-17-6-3-2-4-7-17/h2-8,10,12-13,15H,9,11,14H2,1H3,(H,23,28)(H,25,27). The average molecular weight is 390 g/mol. The van der Waals surface area contributed by atoms with Crippen LogP contribution in [0.3, 0.4) is 0 Å². The Bertz CT molecular complexity index is 1050. The zero-order valence-corrected chi connectivity index (χ0v) is 16.1. The molecule has 3 rings (SSSR count). The molecule has 7 heteroatoms. The van der Waals surface area contributed by atoms with Crippen molar-refractivity contribution in [2.24, 2.45) is 0 Å². The fourth-order valence-corrected chi connectivity index (χ4v) is 2.92. The maximum absolute atomic E-state index is 12.7. The summed E-state index contributed by atoms with van der Waals surface area (Å²) in [6, 6.07) is 14.5. The van der Waals surface area contributed by atoms with E-state index in [1.54, 1.807) is 12.4 Å². The van der Waals surface area contributed by atoms with E-state index < -0.39 is 11.5 Å². The molecule has 0 aliphatic heterocycles. The summed E-state index contributed by atoms with van der Waals surface area (Å²) in [4.78, 5) is 41.5. The highest BCUT2D eigenvalue weighted by molar-refractivity contribution is 5.99. The number of hydrogen-bond acceptors (Lipinski definition) is 4. The Kier molecular flexibility index (Phi) is 6.52. The molecule has 0 aliphatic rings. The SMILES string of the molecule is CNC(=O)c1cc(C(=O)NCCc2cccnc2)cn(Cc2ccccc2)c1=O. The number of aromatic nitrogens is 2. The number of rotatable bonds is 7. The van der Waals surface area contributed by atoms with E-state index in [2.05, 4.69) is 15.6 Å². The lowest BCUT2D eigenvalue weighted by Crippen LogP contribution is -2.34. The molecule has 2 aromatic heterocycles. The Morgan fingerprint density at radius 1 is 1.03 bits per heavy atom. The van der Waals surface area contributed by atoms with Gasteiger partial charge in [-0.05, 0) is 29.7 Å². The topological polar surface area (TPSA) is 93.1 Å². The molecule has 3 aromatic rings. The van der Waals surface area contributed by atoms with Crippen molar-refractivity contribution in [1.82, 2.24) is 20.2 Å². The first kappa shape index (κ1) is 20.0. The van der Waals surface area contributed by atoms with Gasteiger partial charge in [0.2, 0.25) is 0 Å². The predicted molar refractivity (Wildman–Crippen MR) is 110 cm³/mol. The molecule has 7 nitrogen and oxygen atoms in total. The van der Waals surface area contributed by atoms with Crippen LogP contribution in [0.5, 0.6) is 0 Å². The number of hydrogen-bond donors (Lipinski definition) is 2. The van der Waals surface area contributed by atoms with Gasteiger partial charge in [-0.15, -0.1) is 0 Å². The number of pyridine rings is 2. The first-order valence-electron chi connectivity index (χ1n) is 9.26. The number of amides is 2. The second kappa shape index (κ2) is 9.45. The molecule has 2 heterocycles. The van der Waals surface area contributed by atoms with Gasteiger partial charge in [0.25, 0.3) is 17.4 Å². The van der Waals surface area contributed by atoms with Crippen LogP contribution in [0.15, 0.2) is 71.9 Å². The number of carbonyl (C=O) groups is 2. The van der Waals surface area contributed by atoms with Crippen LogP contribution < -0.4 is 16.2 Å². The molecule has 0 atom stereocenters. The number of nitrogens with one attached hydrogen (secondary N) is 2. The monoisotopic (exact) mass is 390 g/mol. The molecule has 29 heavy (non-hydrogen) atoms. The van der Waals surface area contributed by atoms with Gasteiger partial charge in [-0.1, -0.05) is 36.4 Å². The molecule has 2 amide bonds. The first-order valence-corrected chi connectivity index (χ1v) is 9.26. The van der Waals surface area contributed by atoms with Crippen molar-refractivity contribution in [3.63, 3.8) is 0 Å². The molecular weight excluding hydrogens is 368 g/mol. The van der Waals surface area contributed by atoms with E-state index in [0.29, 0.717) is 13.0 Å². The summed E-state index contributed by atoms with van der Waals surface area (Å²) in [5.41, 5.74) is 1.65. The Labute approximate surface area is 168 Å². The molecule has 0 fully saturated rings. The van der Waals surface area contributed by atoms with Gasteiger partial charge < -0.3 is 15.2 Å². The Morgan fingerprint density at radius 2 is 1.79 bits per heavy atom. The molecule has 0 aliphatic carbocycles. The third kappa shape index (κ3) is 5.16. The summed E-state index contributed by atoms with van der Waals surface area (Å²) in [7, 11) is 1.45. The van der Waals surface area contributed by atoms with Crippen molar-refractivity contribution in [1.29, 1.82) is 0 Å². The zero-order chi connectivity index (χ0) is 20.6. The highest BCUT2D eigenvalue weighted by Crippen LogP contribution is 2.06.